The number of thiol groups is 1. The van der Waals surface area contributed by atoms with Crippen molar-refractivity contribution in [2.75, 3.05) is 5.75 Å². The van der Waals surface area contributed by atoms with Gasteiger partial charge in [0.2, 0.25) is 0 Å². The Balaban J connectivity index is 3.12. The molecule has 0 fully saturated rings. The summed E-state index contributed by atoms with van der Waals surface area (Å²) in [6.45, 7) is 4.16. The van der Waals surface area contributed by atoms with Gasteiger partial charge in [-0.2, -0.15) is 12.6 Å². The lowest BCUT2D eigenvalue weighted by Gasteiger charge is -2.06. The molecule has 0 aliphatic carbocycles. The molecular weight excluding hydrogens is 188 g/mol. The molecule has 1 rings (SSSR count). The number of rotatable bonds is 3. The summed E-state index contributed by atoms with van der Waals surface area (Å²) in [5.74, 6) is 0.772. The predicted octanol–water partition coefficient (Wildman–Crippen LogP) is 3.88. The summed E-state index contributed by atoms with van der Waals surface area (Å²) in [6.07, 6.45) is 6.31. The van der Waals surface area contributed by atoms with E-state index in [1.54, 1.807) is 0 Å². The number of benzene rings is 1. The first-order valence-corrected chi connectivity index (χ1v) is 5.42. The first-order valence-electron chi connectivity index (χ1n) is 4.79. The molecule has 14 heavy (non-hydrogen) atoms. The largest absolute Gasteiger partial charge is 0.175 e. The van der Waals surface area contributed by atoms with Gasteiger partial charge >= 0.3 is 0 Å². The summed E-state index contributed by atoms with van der Waals surface area (Å²) >= 11 is 4.23. The summed E-state index contributed by atoms with van der Waals surface area (Å²) in [6, 6.07) is 8.40. The Morgan fingerprint density at radius 2 is 2.07 bits per heavy atom. The van der Waals surface area contributed by atoms with Gasteiger partial charge in [0, 0.05) is 5.75 Å². The van der Waals surface area contributed by atoms with Gasteiger partial charge in [-0.05, 0) is 30.5 Å². The lowest BCUT2D eigenvalue weighted by Crippen LogP contribution is -1.86. The van der Waals surface area contributed by atoms with E-state index in [-0.39, 0.29) is 0 Å². The first-order chi connectivity index (χ1) is 6.79. The molecule has 0 spiro atoms. The summed E-state index contributed by atoms with van der Waals surface area (Å²) in [5, 5.41) is 0. The van der Waals surface area contributed by atoms with Crippen molar-refractivity contribution in [3.8, 4) is 0 Å². The van der Waals surface area contributed by atoms with E-state index in [1.807, 2.05) is 6.92 Å². The minimum Gasteiger partial charge on any atom is -0.175 e. The van der Waals surface area contributed by atoms with Gasteiger partial charge in [0.25, 0.3) is 0 Å². The van der Waals surface area contributed by atoms with E-state index in [0.717, 1.165) is 5.75 Å². The summed E-state index contributed by atoms with van der Waals surface area (Å²) in [5.41, 5.74) is 3.85. The molecule has 0 N–H and O–H groups in total. The van der Waals surface area contributed by atoms with Crippen molar-refractivity contribution in [3.63, 3.8) is 0 Å². The summed E-state index contributed by atoms with van der Waals surface area (Å²) in [4.78, 5) is 0. The number of hydrogen-bond donors (Lipinski definition) is 1. The molecule has 0 aromatic heterocycles. The Kier molecular flexibility index (Phi) is 4.54. The van der Waals surface area contributed by atoms with E-state index in [4.69, 9.17) is 0 Å². The molecule has 0 radical (unpaired) electrons. The average Bonchev–Trinajstić information content (AvgIpc) is 2.18. The molecule has 0 bridgehead atoms. The van der Waals surface area contributed by atoms with E-state index in [2.05, 4.69) is 62.0 Å². The zero-order chi connectivity index (χ0) is 10.4. The Morgan fingerprint density at radius 1 is 1.36 bits per heavy atom. The zero-order valence-electron chi connectivity index (χ0n) is 8.70. The van der Waals surface area contributed by atoms with E-state index in [0.29, 0.717) is 0 Å². The van der Waals surface area contributed by atoms with Gasteiger partial charge in [0.15, 0.2) is 0 Å². The SMILES string of the molecule is C/C=C\C(=C/CS)c1ccccc1C. The van der Waals surface area contributed by atoms with Crippen LogP contribution in [-0.4, -0.2) is 5.75 Å². The molecule has 0 unspecified atom stereocenters. The van der Waals surface area contributed by atoms with Gasteiger partial charge in [-0.15, -0.1) is 0 Å². The fourth-order valence-corrected chi connectivity index (χ4v) is 1.64. The lowest BCUT2D eigenvalue weighted by molar-refractivity contribution is 1.42. The van der Waals surface area contributed by atoms with E-state index in [9.17, 15) is 0 Å². The van der Waals surface area contributed by atoms with Crippen molar-refractivity contribution in [1.29, 1.82) is 0 Å². The number of aryl methyl sites for hydroxylation is 1. The van der Waals surface area contributed by atoms with Crippen molar-refractivity contribution in [3.05, 3.63) is 53.6 Å². The monoisotopic (exact) mass is 204 g/mol. The van der Waals surface area contributed by atoms with Crippen LogP contribution < -0.4 is 0 Å². The van der Waals surface area contributed by atoms with Gasteiger partial charge < -0.3 is 0 Å². The maximum absolute atomic E-state index is 4.23. The first kappa shape index (κ1) is 11.1. The van der Waals surface area contributed by atoms with Crippen LogP contribution in [0.2, 0.25) is 0 Å². The third-order valence-electron chi connectivity index (χ3n) is 2.11. The Bertz CT molecular complexity index is 348. The van der Waals surface area contributed by atoms with Crippen LogP contribution in [0.5, 0.6) is 0 Å². The smallest absolute Gasteiger partial charge is 0.00917 e. The van der Waals surface area contributed by atoms with Crippen LogP contribution in [0.25, 0.3) is 5.57 Å². The second-order valence-corrected chi connectivity index (χ2v) is 3.52. The van der Waals surface area contributed by atoms with Gasteiger partial charge in [0.05, 0.1) is 0 Å². The van der Waals surface area contributed by atoms with Gasteiger partial charge in [-0.1, -0.05) is 42.5 Å². The van der Waals surface area contributed by atoms with E-state index >= 15 is 0 Å². The highest BCUT2D eigenvalue weighted by molar-refractivity contribution is 7.80. The highest BCUT2D eigenvalue weighted by Crippen LogP contribution is 2.19. The highest BCUT2D eigenvalue weighted by atomic mass is 32.1. The number of allylic oxidation sites excluding steroid dienone is 3. The maximum atomic E-state index is 4.23. The van der Waals surface area contributed by atoms with Crippen molar-refractivity contribution in [1.82, 2.24) is 0 Å². The minimum atomic E-state index is 0.772. The molecule has 74 valence electrons. The molecule has 1 aromatic carbocycles. The van der Waals surface area contributed by atoms with Crippen molar-refractivity contribution in [2.24, 2.45) is 0 Å². The van der Waals surface area contributed by atoms with Gasteiger partial charge in [-0.3, -0.25) is 0 Å². The Morgan fingerprint density at radius 3 is 2.64 bits per heavy atom. The minimum absolute atomic E-state index is 0.772. The molecule has 0 heterocycles. The highest BCUT2D eigenvalue weighted by Gasteiger charge is 1.99. The van der Waals surface area contributed by atoms with Crippen LogP contribution in [0.15, 0.2) is 42.5 Å². The maximum Gasteiger partial charge on any atom is 0.00917 e. The molecule has 0 saturated heterocycles. The average molecular weight is 204 g/mol. The molecule has 0 aliphatic rings. The Hall–Kier alpha value is -0.950. The molecule has 0 nitrogen and oxygen atoms in total. The quantitative estimate of drug-likeness (QED) is 0.560. The topological polar surface area (TPSA) is 0 Å². The molecular formula is C13H16S. The van der Waals surface area contributed by atoms with Crippen LogP contribution in [0.4, 0.5) is 0 Å². The predicted molar refractivity (Wildman–Crippen MR) is 67.8 cm³/mol. The van der Waals surface area contributed by atoms with Crippen LogP contribution in [0.1, 0.15) is 18.1 Å². The van der Waals surface area contributed by atoms with Crippen molar-refractivity contribution < 1.29 is 0 Å². The van der Waals surface area contributed by atoms with Crippen LogP contribution in [-0.2, 0) is 0 Å². The van der Waals surface area contributed by atoms with Crippen LogP contribution in [0, 0.1) is 6.92 Å². The molecule has 0 saturated carbocycles. The second kappa shape index (κ2) is 5.71. The van der Waals surface area contributed by atoms with Gasteiger partial charge in [-0.25, -0.2) is 0 Å². The van der Waals surface area contributed by atoms with Crippen LogP contribution in [0.3, 0.4) is 0 Å². The van der Waals surface area contributed by atoms with Crippen molar-refractivity contribution >= 4 is 18.2 Å². The molecule has 0 amide bonds. The zero-order valence-corrected chi connectivity index (χ0v) is 9.59. The molecule has 1 aromatic rings. The fraction of sp³-hybridized carbons (Fsp3) is 0.231. The summed E-state index contributed by atoms with van der Waals surface area (Å²) in [7, 11) is 0. The fourth-order valence-electron chi connectivity index (χ4n) is 1.44. The normalized spacial score (nSPS) is 12.4. The lowest BCUT2D eigenvalue weighted by atomic mass is 10.0. The van der Waals surface area contributed by atoms with E-state index < -0.39 is 0 Å². The third-order valence-corrected chi connectivity index (χ3v) is 2.30. The number of hydrogen-bond acceptors (Lipinski definition) is 1. The molecule has 1 heteroatoms. The van der Waals surface area contributed by atoms with Crippen LogP contribution >= 0.6 is 12.6 Å². The van der Waals surface area contributed by atoms with Crippen molar-refractivity contribution in [2.45, 2.75) is 13.8 Å². The second-order valence-electron chi connectivity index (χ2n) is 3.16. The van der Waals surface area contributed by atoms with E-state index in [1.165, 1.54) is 16.7 Å². The molecule has 0 aliphatic heterocycles. The standard InChI is InChI=1S/C13H16S/c1-3-6-12(9-10-14)13-8-5-4-7-11(13)2/h3-9,14H,10H2,1-2H3/b6-3-,12-9+. The Labute approximate surface area is 91.8 Å². The summed E-state index contributed by atoms with van der Waals surface area (Å²) < 4.78 is 0. The molecule has 0 atom stereocenters. The third kappa shape index (κ3) is 2.78. The van der Waals surface area contributed by atoms with Gasteiger partial charge in [0.1, 0.15) is 0 Å².